The van der Waals surface area contributed by atoms with Crippen LogP contribution in [-0.2, 0) is 11.3 Å². The van der Waals surface area contributed by atoms with Crippen LogP contribution in [0.25, 0.3) is 5.69 Å². The molecule has 94 valence electrons. The highest BCUT2D eigenvalue weighted by atomic mass is 35.5. The van der Waals surface area contributed by atoms with Crippen LogP contribution in [0, 0.1) is 0 Å². The Morgan fingerprint density at radius 1 is 1.50 bits per heavy atom. The molecule has 5 nitrogen and oxygen atoms in total. The van der Waals surface area contributed by atoms with Crippen LogP contribution >= 0.6 is 11.6 Å². The van der Waals surface area contributed by atoms with Gasteiger partial charge in [0.05, 0.1) is 18.4 Å². The molecular weight excluding hydrogens is 252 g/mol. The highest BCUT2D eigenvalue weighted by Gasteiger charge is 2.08. The predicted octanol–water partition coefficient (Wildman–Crippen LogP) is 1.90. The van der Waals surface area contributed by atoms with E-state index in [-0.39, 0.29) is 5.91 Å². The van der Waals surface area contributed by atoms with Gasteiger partial charge in [0.1, 0.15) is 5.69 Å². The number of halogens is 1. The van der Waals surface area contributed by atoms with E-state index in [2.05, 4.69) is 10.3 Å². The summed E-state index contributed by atoms with van der Waals surface area (Å²) in [7, 11) is 1.72. The summed E-state index contributed by atoms with van der Waals surface area (Å²) in [5.41, 5.74) is 1.57. The number of carbonyl (C=O) groups is 1. The van der Waals surface area contributed by atoms with Gasteiger partial charge in [-0.25, -0.2) is 4.68 Å². The van der Waals surface area contributed by atoms with Gasteiger partial charge in [-0.15, -0.1) is 5.10 Å². The van der Waals surface area contributed by atoms with Gasteiger partial charge in [-0.1, -0.05) is 22.9 Å². The van der Waals surface area contributed by atoms with E-state index in [0.29, 0.717) is 11.6 Å². The fourth-order valence-corrected chi connectivity index (χ4v) is 1.65. The lowest BCUT2D eigenvalue weighted by Gasteiger charge is -2.11. The van der Waals surface area contributed by atoms with E-state index >= 15 is 0 Å². The Morgan fingerprint density at radius 2 is 2.28 bits per heavy atom. The van der Waals surface area contributed by atoms with Crippen molar-refractivity contribution in [2.75, 3.05) is 7.05 Å². The smallest absolute Gasteiger partial charge is 0.219 e. The lowest BCUT2D eigenvalue weighted by Crippen LogP contribution is -2.23. The first-order valence-electron chi connectivity index (χ1n) is 5.45. The van der Waals surface area contributed by atoms with Gasteiger partial charge in [0.2, 0.25) is 5.91 Å². The van der Waals surface area contributed by atoms with Crippen molar-refractivity contribution in [1.29, 1.82) is 0 Å². The predicted molar refractivity (Wildman–Crippen MR) is 68.5 cm³/mol. The van der Waals surface area contributed by atoms with Crippen LogP contribution in [0.4, 0.5) is 0 Å². The van der Waals surface area contributed by atoms with Crippen molar-refractivity contribution in [1.82, 2.24) is 19.9 Å². The Morgan fingerprint density at radius 3 is 2.94 bits per heavy atom. The van der Waals surface area contributed by atoms with Gasteiger partial charge < -0.3 is 4.90 Å². The second kappa shape index (κ2) is 5.18. The van der Waals surface area contributed by atoms with Crippen molar-refractivity contribution in [3.05, 3.63) is 41.2 Å². The molecule has 0 radical (unpaired) electrons. The summed E-state index contributed by atoms with van der Waals surface area (Å²) >= 11 is 5.91. The molecule has 6 heteroatoms. The number of aromatic nitrogens is 3. The van der Waals surface area contributed by atoms with Crippen molar-refractivity contribution >= 4 is 17.5 Å². The van der Waals surface area contributed by atoms with Gasteiger partial charge in [-0.2, -0.15) is 0 Å². The SMILES string of the molecule is CC(=O)N(C)Cc1cn(-c2cccc(Cl)c2)nn1. The molecule has 2 aromatic rings. The summed E-state index contributed by atoms with van der Waals surface area (Å²) in [5.74, 6) is -0.00712. The number of carbonyl (C=O) groups excluding carboxylic acids is 1. The molecule has 0 N–H and O–H groups in total. The fourth-order valence-electron chi connectivity index (χ4n) is 1.47. The number of hydrogen-bond donors (Lipinski definition) is 0. The molecule has 0 aliphatic heterocycles. The van der Waals surface area contributed by atoms with E-state index in [9.17, 15) is 4.79 Å². The Labute approximate surface area is 110 Å². The number of amides is 1. The van der Waals surface area contributed by atoms with Crippen LogP contribution in [0.3, 0.4) is 0 Å². The summed E-state index contributed by atoms with van der Waals surface area (Å²) in [5, 5.41) is 8.67. The molecule has 1 amide bonds. The molecule has 0 saturated heterocycles. The molecule has 1 aromatic carbocycles. The van der Waals surface area contributed by atoms with E-state index in [4.69, 9.17) is 11.6 Å². The van der Waals surface area contributed by atoms with E-state index < -0.39 is 0 Å². The average Bonchev–Trinajstić information content (AvgIpc) is 2.77. The van der Waals surface area contributed by atoms with Gasteiger partial charge in [0.15, 0.2) is 0 Å². The molecule has 18 heavy (non-hydrogen) atoms. The summed E-state index contributed by atoms with van der Waals surface area (Å²) in [6.07, 6.45) is 1.78. The molecule has 0 spiro atoms. The Bertz CT molecular complexity index is 567. The Kier molecular flexibility index (Phi) is 3.62. The Balaban J connectivity index is 2.18. The van der Waals surface area contributed by atoms with E-state index in [1.165, 1.54) is 6.92 Å². The molecule has 0 fully saturated rings. The van der Waals surface area contributed by atoms with Crippen LogP contribution in [-0.4, -0.2) is 32.8 Å². The van der Waals surface area contributed by atoms with Crippen molar-refractivity contribution in [3.63, 3.8) is 0 Å². The van der Waals surface area contributed by atoms with E-state index in [1.807, 2.05) is 12.1 Å². The van der Waals surface area contributed by atoms with Crippen LogP contribution in [0.5, 0.6) is 0 Å². The lowest BCUT2D eigenvalue weighted by atomic mass is 10.3. The van der Waals surface area contributed by atoms with Gasteiger partial charge in [-0.3, -0.25) is 4.79 Å². The monoisotopic (exact) mass is 264 g/mol. The van der Waals surface area contributed by atoms with Gasteiger partial charge >= 0.3 is 0 Å². The minimum Gasteiger partial charge on any atom is -0.340 e. The molecule has 0 bridgehead atoms. The third-order valence-corrected chi connectivity index (χ3v) is 2.79. The van der Waals surface area contributed by atoms with Gasteiger partial charge in [-0.05, 0) is 18.2 Å². The first kappa shape index (κ1) is 12.6. The third-order valence-electron chi connectivity index (χ3n) is 2.55. The first-order chi connectivity index (χ1) is 8.56. The molecule has 2 rings (SSSR count). The summed E-state index contributed by atoms with van der Waals surface area (Å²) in [6.45, 7) is 1.96. The largest absolute Gasteiger partial charge is 0.340 e. The number of rotatable bonds is 3. The van der Waals surface area contributed by atoms with Crippen LogP contribution in [0.2, 0.25) is 5.02 Å². The van der Waals surface area contributed by atoms with E-state index in [1.54, 1.807) is 35.0 Å². The topological polar surface area (TPSA) is 51.0 Å². The molecule has 1 heterocycles. The summed E-state index contributed by atoms with van der Waals surface area (Å²) < 4.78 is 1.63. The second-order valence-corrected chi connectivity index (χ2v) is 4.45. The zero-order valence-corrected chi connectivity index (χ0v) is 10.9. The van der Waals surface area contributed by atoms with Crippen molar-refractivity contribution in [3.8, 4) is 5.69 Å². The van der Waals surface area contributed by atoms with Gasteiger partial charge in [0, 0.05) is 19.0 Å². The molecule has 0 unspecified atom stereocenters. The standard InChI is InChI=1S/C12H13ClN4O/c1-9(18)16(2)7-11-8-17(15-14-11)12-5-3-4-10(13)6-12/h3-6,8H,7H2,1-2H3. The zero-order valence-electron chi connectivity index (χ0n) is 10.2. The van der Waals surface area contributed by atoms with Gasteiger partial charge in [0.25, 0.3) is 0 Å². The quantitative estimate of drug-likeness (QED) is 0.851. The Hall–Kier alpha value is -1.88. The molecule has 0 saturated carbocycles. The number of benzene rings is 1. The maximum Gasteiger partial charge on any atom is 0.219 e. The van der Waals surface area contributed by atoms with Crippen LogP contribution in [0.1, 0.15) is 12.6 Å². The highest BCUT2D eigenvalue weighted by Crippen LogP contribution is 2.14. The minimum absolute atomic E-state index is 0.00712. The normalized spacial score (nSPS) is 10.4. The van der Waals surface area contributed by atoms with Crippen molar-refractivity contribution in [2.45, 2.75) is 13.5 Å². The highest BCUT2D eigenvalue weighted by molar-refractivity contribution is 6.30. The average molecular weight is 265 g/mol. The molecule has 0 atom stereocenters. The zero-order chi connectivity index (χ0) is 13.1. The first-order valence-corrected chi connectivity index (χ1v) is 5.83. The summed E-state index contributed by atoms with van der Waals surface area (Å²) in [6, 6.07) is 7.33. The number of nitrogens with zero attached hydrogens (tertiary/aromatic N) is 4. The van der Waals surface area contributed by atoms with E-state index in [0.717, 1.165) is 11.4 Å². The molecule has 1 aromatic heterocycles. The maximum atomic E-state index is 11.1. The molecule has 0 aliphatic rings. The lowest BCUT2D eigenvalue weighted by molar-refractivity contribution is -0.128. The molecule has 0 aliphatic carbocycles. The maximum absolute atomic E-state index is 11.1. The molecular formula is C12H13ClN4O. The van der Waals surface area contributed by atoms with Crippen LogP contribution in [0.15, 0.2) is 30.5 Å². The second-order valence-electron chi connectivity index (χ2n) is 4.01. The fraction of sp³-hybridized carbons (Fsp3) is 0.250. The summed E-state index contributed by atoms with van der Waals surface area (Å²) in [4.78, 5) is 12.7. The number of hydrogen-bond acceptors (Lipinski definition) is 3. The van der Waals surface area contributed by atoms with Crippen molar-refractivity contribution in [2.24, 2.45) is 0 Å². The van der Waals surface area contributed by atoms with Crippen LogP contribution < -0.4 is 0 Å². The van der Waals surface area contributed by atoms with Crippen molar-refractivity contribution < 1.29 is 4.79 Å². The minimum atomic E-state index is -0.00712. The third kappa shape index (κ3) is 2.87.